The number of nitrogens with zero attached hydrogens (tertiary/aromatic N) is 1. The van der Waals surface area contributed by atoms with Crippen molar-refractivity contribution < 1.29 is 0 Å². The number of aromatic nitrogens is 1. The number of fused-ring (bicyclic) bond motifs is 1. The zero-order valence-corrected chi connectivity index (χ0v) is 12.0. The molecule has 1 heterocycles. The number of thiazole rings is 1. The van der Waals surface area contributed by atoms with Crippen LogP contribution in [0.3, 0.4) is 0 Å². The van der Waals surface area contributed by atoms with Gasteiger partial charge in [0.05, 0.1) is 11.2 Å². The van der Waals surface area contributed by atoms with Gasteiger partial charge in [0, 0.05) is 30.6 Å². The van der Waals surface area contributed by atoms with Crippen molar-refractivity contribution in [2.45, 2.75) is 13.0 Å². The molecular formula is C16H17N3S. The highest BCUT2D eigenvalue weighted by atomic mass is 32.1. The summed E-state index contributed by atoms with van der Waals surface area (Å²) < 4.78 is 0. The Labute approximate surface area is 122 Å². The Morgan fingerprint density at radius 3 is 2.70 bits per heavy atom. The zero-order chi connectivity index (χ0) is 13.8. The Morgan fingerprint density at radius 2 is 1.95 bits per heavy atom. The van der Waals surface area contributed by atoms with Crippen LogP contribution in [-0.4, -0.2) is 11.5 Å². The standard InChI is InChI=1S/C16H17N3S/c17-16-8-13-4-2-1-3-12(13)7-14(16)9-18-6-5-15-10-20-11-19-15/h1-4,7-8,10-11,18H,5-6,9,17H2. The lowest BCUT2D eigenvalue weighted by molar-refractivity contribution is 0.683. The van der Waals surface area contributed by atoms with E-state index in [9.17, 15) is 0 Å². The van der Waals surface area contributed by atoms with Crippen LogP contribution in [0, 0.1) is 0 Å². The van der Waals surface area contributed by atoms with Gasteiger partial charge in [0.25, 0.3) is 0 Å². The van der Waals surface area contributed by atoms with Crippen molar-refractivity contribution in [2.24, 2.45) is 0 Å². The second kappa shape index (κ2) is 6.03. The van der Waals surface area contributed by atoms with Crippen LogP contribution in [0.15, 0.2) is 47.3 Å². The van der Waals surface area contributed by atoms with E-state index in [2.05, 4.69) is 39.9 Å². The first-order valence-corrected chi connectivity index (χ1v) is 7.62. The van der Waals surface area contributed by atoms with Crippen molar-refractivity contribution in [2.75, 3.05) is 12.3 Å². The SMILES string of the molecule is Nc1cc2ccccc2cc1CNCCc1cscn1. The molecule has 3 nitrogen and oxygen atoms in total. The molecule has 3 rings (SSSR count). The average Bonchev–Trinajstić information content (AvgIpc) is 2.97. The number of benzene rings is 2. The number of hydrogen-bond acceptors (Lipinski definition) is 4. The minimum atomic E-state index is 0.792. The summed E-state index contributed by atoms with van der Waals surface area (Å²) in [6.45, 7) is 1.71. The minimum absolute atomic E-state index is 0.792. The fraction of sp³-hybridized carbons (Fsp3) is 0.188. The molecule has 1 aromatic heterocycles. The minimum Gasteiger partial charge on any atom is -0.398 e. The summed E-state index contributed by atoms with van der Waals surface area (Å²) in [5, 5.41) is 7.94. The van der Waals surface area contributed by atoms with Gasteiger partial charge in [0.15, 0.2) is 0 Å². The van der Waals surface area contributed by atoms with Gasteiger partial charge in [0.2, 0.25) is 0 Å². The van der Waals surface area contributed by atoms with Crippen LogP contribution in [0.4, 0.5) is 5.69 Å². The molecule has 0 saturated heterocycles. The maximum atomic E-state index is 6.11. The van der Waals surface area contributed by atoms with Crippen molar-refractivity contribution in [3.05, 3.63) is 58.5 Å². The maximum Gasteiger partial charge on any atom is 0.0794 e. The monoisotopic (exact) mass is 283 g/mol. The molecule has 0 saturated carbocycles. The predicted octanol–water partition coefficient (Wildman–Crippen LogP) is 3.21. The molecule has 20 heavy (non-hydrogen) atoms. The first kappa shape index (κ1) is 13.1. The van der Waals surface area contributed by atoms with Gasteiger partial charge < -0.3 is 11.1 Å². The Kier molecular flexibility index (Phi) is 3.95. The molecule has 3 N–H and O–H groups in total. The smallest absolute Gasteiger partial charge is 0.0794 e. The molecule has 0 spiro atoms. The van der Waals surface area contributed by atoms with E-state index in [0.717, 1.165) is 36.5 Å². The molecule has 3 aromatic rings. The topological polar surface area (TPSA) is 50.9 Å². The predicted molar refractivity (Wildman–Crippen MR) is 85.9 cm³/mol. The van der Waals surface area contributed by atoms with Crippen LogP contribution < -0.4 is 11.1 Å². The maximum absolute atomic E-state index is 6.11. The van der Waals surface area contributed by atoms with Crippen molar-refractivity contribution in [1.82, 2.24) is 10.3 Å². The third-order valence-corrected chi connectivity index (χ3v) is 4.00. The Balaban J connectivity index is 1.63. The van der Waals surface area contributed by atoms with Gasteiger partial charge in [-0.2, -0.15) is 0 Å². The molecule has 0 unspecified atom stereocenters. The lowest BCUT2D eigenvalue weighted by Gasteiger charge is -2.09. The molecule has 0 aliphatic heterocycles. The van der Waals surface area contributed by atoms with Crippen molar-refractivity contribution in [3.8, 4) is 0 Å². The molecule has 0 aliphatic carbocycles. The average molecular weight is 283 g/mol. The molecular weight excluding hydrogens is 266 g/mol. The quantitative estimate of drug-likeness (QED) is 0.558. The largest absolute Gasteiger partial charge is 0.398 e. The molecule has 0 bridgehead atoms. The van der Waals surface area contributed by atoms with Crippen LogP contribution in [0.25, 0.3) is 10.8 Å². The summed E-state index contributed by atoms with van der Waals surface area (Å²) in [6, 6.07) is 12.5. The molecule has 0 fully saturated rings. The zero-order valence-electron chi connectivity index (χ0n) is 11.2. The fourth-order valence-electron chi connectivity index (χ4n) is 2.26. The van der Waals surface area contributed by atoms with Gasteiger partial charge in [-0.05, 0) is 28.5 Å². The highest BCUT2D eigenvalue weighted by Crippen LogP contribution is 2.21. The number of nitrogen functional groups attached to an aromatic ring is 1. The highest BCUT2D eigenvalue weighted by Gasteiger charge is 2.02. The third-order valence-electron chi connectivity index (χ3n) is 3.36. The molecule has 0 amide bonds. The summed E-state index contributed by atoms with van der Waals surface area (Å²) in [6.07, 6.45) is 0.955. The summed E-state index contributed by atoms with van der Waals surface area (Å²) >= 11 is 1.64. The van der Waals surface area contributed by atoms with Crippen LogP contribution in [0.1, 0.15) is 11.3 Å². The number of nitrogens with two attached hydrogens (primary N) is 1. The summed E-state index contributed by atoms with van der Waals surface area (Å²) in [4.78, 5) is 4.27. The number of hydrogen-bond donors (Lipinski definition) is 2. The lowest BCUT2D eigenvalue weighted by Crippen LogP contribution is -2.17. The van der Waals surface area contributed by atoms with E-state index in [4.69, 9.17) is 5.73 Å². The highest BCUT2D eigenvalue weighted by molar-refractivity contribution is 7.07. The normalized spacial score (nSPS) is 11.0. The van der Waals surface area contributed by atoms with Crippen LogP contribution in [0.2, 0.25) is 0 Å². The molecule has 0 radical (unpaired) electrons. The van der Waals surface area contributed by atoms with Gasteiger partial charge in [-0.3, -0.25) is 0 Å². The van der Waals surface area contributed by atoms with Crippen molar-refractivity contribution in [1.29, 1.82) is 0 Å². The van der Waals surface area contributed by atoms with Crippen LogP contribution in [-0.2, 0) is 13.0 Å². The summed E-state index contributed by atoms with van der Waals surface area (Å²) in [7, 11) is 0. The summed E-state index contributed by atoms with van der Waals surface area (Å²) in [5.74, 6) is 0. The second-order valence-electron chi connectivity index (χ2n) is 4.80. The van der Waals surface area contributed by atoms with Crippen molar-refractivity contribution >= 4 is 27.8 Å². The van der Waals surface area contributed by atoms with E-state index in [1.54, 1.807) is 11.3 Å². The Morgan fingerprint density at radius 1 is 1.15 bits per heavy atom. The Bertz CT molecular complexity index is 692. The molecule has 0 atom stereocenters. The van der Waals surface area contributed by atoms with E-state index in [-0.39, 0.29) is 0 Å². The second-order valence-corrected chi connectivity index (χ2v) is 5.52. The first-order chi connectivity index (χ1) is 9.83. The van der Waals surface area contributed by atoms with Gasteiger partial charge in [-0.25, -0.2) is 4.98 Å². The first-order valence-electron chi connectivity index (χ1n) is 6.68. The van der Waals surface area contributed by atoms with E-state index in [1.165, 1.54) is 10.8 Å². The number of nitrogens with one attached hydrogen (secondary N) is 1. The number of rotatable bonds is 5. The Hall–Kier alpha value is -1.91. The van der Waals surface area contributed by atoms with E-state index in [0.29, 0.717) is 0 Å². The molecule has 4 heteroatoms. The fourth-order valence-corrected chi connectivity index (χ4v) is 2.85. The van der Waals surface area contributed by atoms with Gasteiger partial charge in [0.1, 0.15) is 0 Å². The van der Waals surface area contributed by atoms with Crippen molar-refractivity contribution in [3.63, 3.8) is 0 Å². The lowest BCUT2D eigenvalue weighted by atomic mass is 10.1. The van der Waals surface area contributed by atoms with Gasteiger partial charge in [-0.1, -0.05) is 24.3 Å². The summed E-state index contributed by atoms with van der Waals surface area (Å²) in [5.41, 5.74) is 11.1. The van der Waals surface area contributed by atoms with Crippen LogP contribution in [0.5, 0.6) is 0 Å². The molecule has 0 aliphatic rings. The van der Waals surface area contributed by atoms with E-state index in [1.807, 2.05) is 17.6 Å². The number of anilines is 1. The van der Waals surface area contributed by atoms with E-state index >= 15 is 0 Å². The van der Waals surface area contributed by atoms with Gasteiger partial charge >= 0.3 is 0 Å². The van der Waals surface area contributed by atoms with Gasteiger partial charge in [-0.15, -0.1) is 11.3 Å². The molecule has 2 aromatic carbocycles. The third kappa shape index (κ3) is 2.98. The molecule has 102 valence electrons. The van der Waals surface area contributed by atoms with E-state index < -0.39 is 0 Å². The van der Waals surface area contributed by atoms with Crippen LogP contribution >= 0.6 is 11.3 Å².